The van der Waals surface area contributed by atoms with E-state index in [1.165, 1.54) is 54.6 Å². The van der Waals surface area contributed by atoms with E-state index in [2.05, 4.69) is 5.32 Å². The van der Waals surface area contributed by atoms with Crippen molar-refractivity contribution in [3.8, 4) is 0 Å². The monoisotopic (exact) mass is 457 g/mol. The predicted octanol–water partition coefficient (Wildman–Crippen LogP) is 4.71. The van der Waals surface area contributed by atoms with Gasteiger partial charge in [-0.05, 0) is 48.0 Å². The molecule has 1 atom stereocenters. The average Bonchev–Trinajstić information content (AvgIpc) is 2.89. The molecule has 0 aliphatic carbocycles. The summed E-state index contributed by atoms with van der Waals surface area (Å²) < 4.78 is 27.7. The molecule has 3 aromatic rings. The van der Waals surface area contributed by atoms with Crippen molar-refractivity contribution in [2.45, 2.75) is 6.04 Å². The van der Waals surface area contributed by atoms with Crippen LogP contribution in [-0.4, -0.2) is 28.2 Å². The topological polar surface area (TPSA) is 92.5 Å². The number of nitro benzene ring substituents is 1. The van der Waals surface area contributed by atoms with Crippen LogP contribution < -0.4 is 5.32 Å². The lowest BCUT2D eigenvalue weighted by atomic mass is 9.95. The molecule has 0 spiro atoms. The second kappa shape index (κ2) is 8.35. The number of anilines is 1. The number of hydrogen-bond donors (Lipinski definition) is 1. The summed E-state index contributed by atoms with van der Waals surface area (Å²) in [4.78, 5) is 37.7. The van der Waals surface area contributed by atoms with Gasteiger partial charge in [0.2, 0.25) is 5.91 Å². The number of nitro groups is 1. The van der Waals surface area contributed by atoms with Gasteiger partial charge < -0.3 is 10.2 Å². The Kier molecular flexibility index (Phi) is 5.58. The lowest BCUT2D eigenvalue weighted by molar-refractivity contribution is -0.384. The summed E-state index contributed by atoms with van der Waals surface area (Å²) in [6.45, 7) is -0.423. The summed E-state index contributed by atoms with van der Waals surface area (Å²) in [7, 11) is 0. The van der Waals surface area contributed by atoms with Crippen LogP contribution in [0.3, 0.4) is 0 Å². The molecule has 1 heterocycles. The predicted molar refractivity (Wildman–Crippen MR) is 112 cm³/mol. The van der Waals surface area contributed by atoms with E-state index in [0.29, 0.717) is 11.3 Å². The number of fused-ring (bicyclic) bond motifs is 1. The van der Waals surface area contributed by atoms with Crippen LogP contribution in [0.15, 0.2) is 60.7 Å². The van der Waals surface area contributed by atoms with Crippen molar-refractivity contribution in [2.75, 3.05) is 11.9 Å². The Balaban J connectivity index is 1.89. The number of nitrogens with one attached hydrogen (secondary N) is 1. The number of amides is 2. The molecule has 0 aromatic heterocycles. The molecule has 3 aromatic carbocycles. The van der Waals surface area contributed by atoms with Crippen molar-refractivity contribution in [2.24, 2.45) is 0 Å². The molecule has 10 heteroatoms. The molecule has 32 heavy (non-hydrogen) atoms. The van der Waals surface area contributed by atoms with E-state index in [1.54, 1.807) is 0 Å². The molecule has 1 N–H and O–H groups in total. The normalized spacial score (nSPS) is 15.5. The molecule has 0 saturated heterocycles. The van der Waals surface area contributed by atoms with Gasteiger partial charge in [-0.2, -0.15) is 0 Å². The zero-order valence-electron chi connectivity index (χ0n) is 16.2. The molecule has 0 fully saturated rings. The Morgan fingerprint density at radius 3 is 2.44 bits per heavy atom. The van der Waals surface area contributed by atoms with Gasteiger partial charge in [0.1, 0.15) is 23.2 Å². The van der Waals surface area contributed by atoms with Gasteiger partial charge in [0, 0.05) is 22.9 Å². The first-order valence-electron chi connectivity index (χ1n) is 9.34. The quantitative estimate of drug-likeness (QED) is 0.455. The standard InChI is InChI=1S/C22H14ClF2N3O4/c23-17-7-3-13(9-19(17)28(31)32)22(30)27-11-20(29)26-18-8-6-15(25)10-16(18)21(27)12-1-4-14(24)5-2-12/h1-10,21H,11H2,(H,26,29)/t21-/m0/s1. The Hall–Kier alpha value is -3.85. The summed E-state index contributed by atoms with van der Waals surface area (Å²) in [5.41, 5.74) is 0.441. The van der Waals surface area contributed by atoms with Crippen molar-refractivity contribution in [1.82, 2.24) is 4.90 Å². The van der Waals surface area contributed by atoms with Crippen LogP contribution in [-0.2, 0) is 4.79 Å². The smallest absolute Gasteiger partial charge is 0.288 e. The number of nitrogens with zero attached hydrogens (tertiary/aromatic N) is 2. The second-order valence-corrected chi connectivity index (χ2v) is 7.50. The highest BCUT2D eigenvalue weighted by Crippen LogP contribution is 2.37. The van der Waals surface area contributed by atoms with Gasteiger partial charge in [-0.25, -0.2) is 8.78 Å². The SMILES string of the molecule is O=C1CN(C(=O)c2ccc(Cl)c([N+](=O)[O-])c2)[C@@H](c2ccc(F)cc2)c2cc(F)ccc2N1. The molecule has 0 unspecified atom stereocenters. The van der Waals surface area contributed by atoms with Crippen molar-refractivity contribution in [1.29, 1.82) is 0 Å². The molecule has 0 saturated carbocycles. The molecule has 4 rings (SSSR count). The fraction of sp³-hybridized carbons (Fsp3) is 0.0909. The van der Waals surface area contributed by atoms with E-state index >= 15 is 0 Å². The third-order valence-electron chi connectivity index (χ3n) is 5.04. The molecule has 1 aliphatic rings. The van der Waals surface area contributed by atoms with Crippen LogP contribution in [0.2, 0.25) is 5.02 Å². The van der Waals surface area contributed by atoms with Gasteiger partial charge in [-0.15, -0.1) is 0 Å². The number of halogens is 3. The summed E-state index contributed by atoms with van der Waals surface area (Å²) in [5, 5.41) is 13.7. The zero-order chi connectivity index (χ0) is 23.0. The van der Waals surface area contributed by atoms with Crippen LogP contribution >= 0.6 is 11.6 Å². The molecular formula is C22H14ClF2N3O4. The van der Waals surface area contributed by atoms with E-state index in [9.17, 15) is 28.5 Å². The third-order valence-corrected chi connectivity index (χ3v) is 5.36. The van der Waals surface area contributed by atoms with Gasteiger partial charge in [0.25, 0.3) is 11.6 Å². The molecule has 2 amide bonds. The zero-order valence-corrected chi connectivity index (χ0v) is 17.0. The van der Waals surface area contributed by atoms with Gasteiger partial charge in [-0.3, -0.25) is 19.7 Å². The first-order valence-corrected chi connectivity index (χ1v) is 9.72. The Bertz CT molecular complexity index is 1250. The Morgan fingerprint density at radius 1 is 1.06 bits per heavy atom. The Morgan fingerprint density at radius 2 is 1.75 bits per heavy atom. The second-order valence-electron chi connectivity index (χ2n) is 7.09. The molecule has 0 bridgehead atoms. The van der Waals surface area contributed by atoms with Gasteiger partial charge >= 0.3 is 0 Å². The molecule has 7 nitrogen and oxygen atoms in total. The van der Waals surface area contributed by atoms with Crippen molar-refractivity contribution in [3.05, 3.63) is 104 Å². The number of carbonyl (C=O) groups excluding carboxylic acids is 2. The van der Waals surface area contributed by atoms with E-state index in [-0.39, 0.29) is 16.1 Å². The summed E-state index contributed by atoms with van der Waals surface area (Å²) in [5.74, 6) is -2.37. The van der Waals surface area contributed by atoms with Gasteiger partial charge in [-0.1, -0.05) is 23.7 Å². The lowest BCUT2D eigenvalue weighted by Crippen LogP contribution is -2.39. The fourth-order valence-corrected chi connectivity index (χ4v) is 3.81. The minimum atomic E-state index is -0.970. The van der Waals surface area contributed by atoms with Crippen LogP contribution in [0, 0.1) is 21.7 Å². The van der Waals surface area contributed by atoms with E-state index in [1.807, 2.05) is 0 Å². The largest absolute Gasteiger partial charge is 0.324 e. The molecular weight excluding hydrogens is 444 g/mol. The average molecular weight is 458 g/mol. The molecule has 0 radical (unpaired) electrons. The van der Waals surface area contributed by atoms with Crippen molar-refractivity contribution >= 4 is 34.8 Å². The fourth-order valence-electron chi connectivity index (χ4n) is 3.62. The van der Waals surface area contributed by atoms with Crippen LogP contribution in [0.5, 0.6) is 0 Å². The molecule has 162 valence electrons. The van der Waals surface area contributed by atoms with Gasteiger partial charge in [0.15, 0.2) is 0 Å². The maximum absolute atomic E-state index is 14.1. The lowest BCUT2D eigenvalue weighted by Gasteiger charge is -2.30. The van der Waals surface area contributed by atoms with Crippen LogP contribution in [0.25, 0.3) is 0 Å². The Labute approximate surface area is 185 Å². The van der Waals surface area contributed by atoms with Crippen LogP contribution in [0.1, 0.15) is 27.5 Å². The summed E-state index contributed by atoms with van der Waals surface area (Å²) >= 11 is 5.85. The minimum Gasteiger partial charge on any atom is -0.324 e. The number of rotatable bonds is 3. The minimum absolute atomic E-state index is 0.0825. The maximum Gasteiger partial charge on any atom is 0.288 e. The van der Waals surface area contributed by atoms with E-state index < -0.39 is 46.6 Å². The third kappa shape index (κ3) is 4.02. The number of hydrogen-bond acceptors (Lipinski definition) is 4. The van der Waals surface area contributed by atoms with Crippen molar-refractivity contribution in [3.63, 3.8) is 0 Å². The van der Waals surface area contributed by atoms with Gasteiger partial charge in [0.05, 0.1) is 11.0 Å². The first kappa shape index (κ1) is 21.4. The molecule has 1 aliphatic heterocycles. The highest BCUT2D eigenvalue weighted by atomic mass is 35.5. The van der Waals surface area contributed by atoms with Crippen LogP contribution in [0.4, 0.5) is 20.2 Å². The maximum atomic E-state index is 14.1. The summed E-state index contributed by atoms with van der Waals surface area (Å²) in [6, 6.07) is 11.5. The number of benzene rings is 3. The first-order chi connectivity index (χ1) is 15.2. The van der Waals surface area contributed by atoms with Crippen molar-refractivity contribution < 1.29 is 23.3 Å². The number of carbonyl (C=O) groups is 2. The van der Waals surface area contributed by atoms with E-state index in [4.69, 9.17) is 11.6 Å². The highest BCUT2D eigenvalue weighted by molar-refractivity contribution is 6.32. The van der Waals surface area contributed by atoms with E-state index in [0.717, 1.165) is 11.0 Å². The summed E-state index contributed by atoms with van der Waals surface area (Å²) in [6.07, 6.45) is 0. The highest BCUT2D eigenvalue weighted by Gasteiger charge is 2.35.